The smallest absolute Gasteiger partial charge is 0.408 e. The normalized spacial score (nSPS) is 15.8. The lowest BCUT2D eigenvalue weighted by atomic mass is 10.1. The topological polar surface area (TPSA) is 151 Å². The van der Waals surface area contributed by atoms with E-state index >= 15 is 0 Å². The molecule has 0 saturated carbocycles. The Kier molecular flexibility index (Phi) is 8.60. The minimum Gasteiger partial charge on any atom is -0.480 e. The first-order valence-electron chi connectivity index (χ1n) is 11.1. The molecule has 0 radical (unpaired) electrons. The van der Waals surface area contributed by atoms with Gasteiger partial charge in [-0.2, -0.15) is 0 Å². The Hall–Kier alpha value is -4.15. The van der Waals surface area contributed by atoms with Crippen LogP contribution in [-0.2, 0) is 32.0 Å². The fourth-order valence-electron chi connectivity index (χ4n) is 3.86. The summed E-state index contributed by atoms with van der Waals surface area (Å²) in [6.07, 6.45) is 2.05. The quantitative estimate of drug-likeness (QED) is 0.435. The number of carboxylic acid groups (broad SMARTS) is 1. The summed E-state index contributed by atoms with van der Waals surface area (Å²) in [5, 5.41) is 18.4. The van der Waals surface area contributed by atoms with Crippen LogP contribution in [0.25, 0.3) is 0 Å². The van der Waals surface area contributed by atoms with Gasteiger partial charge >= 0.3 is 12.1 Å². The van der Waals surface area contributed by atoms with Gasteiger partial charge in [0.2, 0.25) is 11.8 Å². The maximum atomic E-state index is 13.0. The second-order valence-electron chi connectivity index (χ2n) is 8.14. The summed E-state index contributed by atoms with van der Waals surface area (Å²) in [7, 11) is 0. The van der Waals surface area contributed by atoms with Gasteiger partial charge in [-0.05, 0) is 30.5 Å². The van der Waals surface area contributed by atoms with Crippen LogP contribution in [0.2, 0.25) is 0 Å². The van der Waals surface area contributed by atoms with Crippen molar-refractivity contribution < 1.29 is 33.5 Å². The number of nitrogens with one attached hydrogen (secondary N) is 2. The molecule has 3 rings (SSSR count). The zero-order valence-corrected chi connectivity index (χ0v) is 19.4. The number of likely N-dealkylation sites (tertiary alicyclic amines) is 1. The van der Waals surface area contributed by atoms with E-state index in [0.29, 0.717) is 24.3 Å². The first-order chi connectivity index (χ1) is 16.8. The molecule has 11 heteroatoms. The summed E-state index contributed by atoms with van der Waals surface area (Å²) in [4.78, 5) is 49.1. The Balaban J connectivity index is 1.62. The molecule has 0 aliphatic carbocycles. The molecule has 2 aromatic rings. The molecule has 1 aromatic heterocycles. The van der Waals surface area contributed by atoms with Gasteiger partial charge in [0.05, 0.1) is 12.5 Å². The van der Waals surface area contributed by atoms with E-state index in [1.54, 1.807) is 35.2 Å². The lowest BCUT2D eigenvalue weighted by Crippen LogP contribution is -2.42. The highest BCUT2D eigenvalue weighted by Crippen LogP contribution is 2.32. The first-order valence-corrected chi connectivity index (χ1v) is 11.1. The molecule has 3 N–H and O–H groups in total. The van der Waals surface area contributed by atoms with Gasteiger partial charge in [-0.1, -0.05) is 29.9 Å². The predicted molar refractivity (Wildman–Crippen MR) is 124 cm³/mol. The lowest BCUT2D eigenvalue weighted by Gasteiger charge is -2.23. The molecule has 1 aromatic carbocycles. The van der Waals surface area contributed by atoms with Gasteiger partial charge in [0, 0.05) is 31.6 Å². The molecule has 2 unspecified atom stereocenters. The van der Waals surface area contributed by atoms with Crippen LogP contribution < -0.4 is 10.6 Å². The van der Waals surface area contributed by atoms with Crippen LogP contribution in [0.3, 0.4) is 0 Å². The first kappa shape index (κ1) is 25.5. The van der Waals surface area contributed by atoms with E-state index in [9.17, 15) is 24.3 Å². The molecule has 186 valence electrons. The number of carbonyl (C=O) groups excluding carboxylic acids is 3. The minimum absolute atomic E-state index is 0.0460. The Bertz CT molecular complexity index is 1080. The van der Waals surface area contributed by atoms with Crippen LogP contribution in [0, 0.1) is 0 Å². The number of carboxylic acids is 1. The Morgan fingerprint density at radius 2 is 2.06 bits per heavy atom. The van der Waals surface area contributed by atoms with Crippen molar-refractivity contribution in [2.24, 2.45) is 0 Å². The SMILES string of the molecule is C=CCOC(=O)NC(Cc1cc(C2CCCN2C(=O)Cc2ccc(NC(C)=O)cc2)no1)C(=O)O. The van der Waals surface area contributed by atoms with Crippen molar-refractivity contribution in [3.8, 4) is 0 Å². The molecule has 1 fully saturated rings. The van der Waals surface area contributed by atoms with E-state index in [0.717, 1.165) is 12.0 Å². The fraction of sp³-hybridized carbons (Fsp3) is 0.375. The highest BCUT2D eigenvalue weighted by molar-refractivity contribution is 5.88. The Morgan fingerprint density at radius 1 is 1.31 bits per heavy atom. The average molecular weight is 485 g/mol. The van der Waals surface area contributed by atoms with Gasteiger partial charge < -0.3 is 29.9 Å². The summed E-state index contributed by atoms with van der Waals surface area (Å²) >= 11 is 0. The van der Waals surface area contributed by atoms with Gasteiger partial charge in [-0.3, -0.25) is 9.59 Å². The summed E-state index contributed by atoms with van der Waals surface area (Å²) in [5.41, 5.74) is 2.01. The number of nitrogens with zero attached hydrogens (tertiary/aromatic N) is 2. The number of hydrogen-bond acceptors (Lipinski definition) is 7. The van der Waals surface area contributed by atoms with Crippen LogP contribution >= 0.6 is 0 Å². The largest absolute Gasteiger partial charge is 0.480 e. The van der Waals surface area contributed by atoms with Gasteiger partial charge in [-0.25, -0.2) is 9.59 Å². The van der Waals surface area contributed by atoms with Crippen LogP contribution in [-0.4, -0.2) is 58.2 Å². The number of aromatic nitrogens is 1. The molecule has 0 bridgehead atoms. The second kappa shape index (κ2) is 11.8. The van der Waals surface area contributed by atoms with Crippen molar-refractivity contribution in [1.29, 1.82) is 0 Å². The number of benzene rings is 1. The number of carbonyl (C=O) groups is 4. The molecule has 11 nitrogen and oxygen atoms in total. The monoisotopic (exact) mass is 484 g/mol. The van der Waals surface area contributed by atoms with Crippen molar-refractivity contribution >= 4 is 29.6 Å². The van der Waals surface area contributed by atoms with Crippen molar-refractivity contribution in [1.82, 2.24) is 15.4 Å². The number of aliphatic carboxylic acids is 1. The molecule has 0 spiro atoms. The summed E-state index contributed by atoms with van der Waals surface area (Å²) in [6, 6.07) is 7.14. The summed E-state index contributed by atoms with van der Waals surface area (Å²) in [6.45, 7) is 5.38. The Morgan fingerprint density at radius 3 is 2.71 bits per heavy atom. The van der Waals surface area contributed by atoms with E-state index in [1.165, 1.54) is 13.0 Å². The lowest BCUT2D eigenvalue weighted by molar-refractivity contribution is -0.139. The minimum atomic E-state index is -1.27. The molecule has 3 amide bonds. The maximum Gasteiger partial charge on any atom is 0.408 e. The molecule has 1 aliphatic heterocycles. The number of hydrogen-bond donors (Lipinski definition) is 3. The number of ether oxygens (including phenoxy) is 1. The van der Waals surface area contributed by atoms with Crippen LogP contribution in [0.5, 0.6) is 0 Å². The summed E-state index contributed by atoms with van der Waals surface area (Å²) < 4.78 is 10.1. The zero-order chi connectivity index (χ0) is 25.4. The molecule has 1 saturated heterocycles. The van der Waals surface area contributed by atoms with E-state index < -0.39 is 18.1 Å². The third-order valence-corrected chi connectivity index (χ3v) is 5.45. The highest BCUT2D eigenvalue weighted by Gasteiger charge is 2.33. The van der Waals surface area contributed by atoms with Crippen molar-refractivity contribution in [2.45, 2.75) is 44.7 Å². The molecule has 2 atom stereocenters. The van der Waals surface area contributed by atoms with E-state index in [-0.39, 0.29) is 43.1 Å². The number of alkyl carbamates (subject to hydrolysis) is 1. The Labute approximate surface area is 202 Å². The van der Waals surface area contributed by atoms with Gasteiger partial charge in [0.25, 0.3) is 0 Å². The summed E-state index contributed by atoms with van der Waals surface area (Å²) in [5.74, 6) is -1.22. The third kappa shape index (κ3) is 7.16. The molecule has 1 aliphatic rings. The van der Waals surface area contributed by atoms with Crippen LogP contribution in [0.4, 0.5) is 10.5 Å². The number of anilines is 1. The van der Waals surface area contributed by atoms with Gasteiger partial charge in [-0.15, -0.1) is 0 Å². The van der Waals surface area contributed by atoms with Crippen molar-refractivity contribution in [3.05, 3.63) is 60.0 Å². The standard InChI is InChI=1S/C24H28N4O7/c1-3-11-34-24(33)26-20(23(31)32)14-18-13-19(27-35-18)21-5-4-10-28(21)22(30)12-16-6-8-17(9-7-16)25-15(2)29/h3,6-9,13,20-21H,1,4-5,10-12,14H2,2H3,(H,25,29)(H,26,33)(H,31,32). The van der Waals surface area contributed by atoms with E-state index in [2.05, 4.69) is 22.4 Å². The molecular weight excluding hydrogens is 456 g/mol. The predicted octanol–water partition coefficient (Wildman–Crippen LogP) is 2.45. The van der Waals surface area contributed by atoms with Crippen molar-refractivity contribution in [3.63, 3.8) is 0 Å². The number of amides is 3. The third-order valence-electron chi connectivity index (χ3n) is 5.45. The maximum absolute atomic E-state index is 13.0. The zero-order valence-electron chi connectivity index (χ0n) is 19.4. The second-order valence-corrected chi connectivity index (χ2v) is 8.14. The van der Waals surface area contributed by atoms with Gasteiger partial charge in [0.1, 0.15) is 24.1 Å². The highest BCUT2D eigenvalue weighted by atomic mass is 16.5. The number of rotatable bonds is 10. The molecule has 35 heavy (non-hydrogen) atoms. The van der Waals surface area contributed by atoms with E-state index in [1.807, 2.05) is 0 Å². The average Bonchev–Trinajstić information content (AvgIpc) is 3.47. The molecule has 2 heterocycles. The fourth-order valence-corrected chi connectivity index (χ4v) is 3.86. The van der Waals surface area contributed by atoms with Crippen molar-refractivity contribution in [2.75, 3.05) is 18.5 Å². The van der Waals surface area contributed by atoms with Crippen LogP contribution in [0.1, 0.15) is 42.8 Å². The van der Waals surface area contributed by atoms with Gasteiger partial charge in [0.15, 0.2) is 0 Å². The molecular formula is C24H28N4O7. The van der Waals surface area contributed by atoms with E-state index in [4.69, 9.17) is 9.26 Å². The van der Waals surface area contributed by atoms with Crippen LogP contribution in [0.15, 0.2) is 47.5 Å².